The van der Waals surface area contributed by atoms with Crippen LogP contribution in [0.4, 0.5) is 4.79 Å². The van der Waals surface area contributed by atoms with Crippen molar-refractivity contribution in [1.29, 1.82) is 0 Å². The Morgan fingerprint density at radius 1 is 0.969 bits per heavy atom. The van der Waals surface area contributed by atoms with Gasteiger partial charge in [-0.25, -0.2) is 18.5 Å². The molecule has 0 aliphatic carbocycles. The van der Waals surface area contributed by atoms with Gasteiger partial charge in [0.1, 0.15) is 17.1 Å². The molecule has 0 radical (unpaired) electrons. The zero-order chi connectivity index (χ0) is 24.7. The fourth-order valence-electron chi connectivity index (χ4n) is 2.55. The van der Waals surface area contributed by atoms with E-state index in [9.17, 15) is 13.8 Å². The SMILES string of the molecule is COC(=O)[C@H](OC(=O)OC(C)(C)C)[C@H](Cc1cc(OC)cc(OC)c1)N[S@@](=O)C(C)(C)C. The molecule has 0 fully saturated rings. The van der Waals surface area contributed by atoms with Crippen LogP contribution in [0.15, 0.2) is 18.2 Å². The van der Waals surface area contributed by atoms with Crippen LogP contribution < -0.4 is 14.2 Å². The van der Waals surface area contributed by atoms with Crippen LogP contribution >= 0.6 is 0 Å². The van der Waals surface area contributed by atoms with Crippen LogP contribution in [-0.4, -0.2) is 60.2 Å². The lowest BCUT2D eigenvalue weighted by Gasteiger charge is -2.29. The molecule has 10 heteroatoms. The third-order valence-corrected chi connectivity index (χ3v) is 5.72. The first-order chi connectivity index (χ1) is 14.7. The summed E-state index contributed by atoms with van der Waals surface area (Å²) in [6, 6.07) is 4.30. The molecule has 0 aliphatic rings. The van der Waals surface area contributed by atoms with Crippen molar-refractivity contribution in [2.45, 2.75) is 70.5 Å². The minimum absolute atomic E-state index is 0.151. The Morgan fingerprint density at radius 2 is 1.50 bits per heavy atom. The molecule has 0 aliphatic heterocycles. The molecule has 1 aromatic rings. The first-order valence-electron chi connectivity index (χ1n) is 10.1. The van der Waals surface area contributed by atoms with Gasteiger partial charge in [-0.15, -0.1) is 0 Å². The van der Waals surface area contributed by atoms with E-state index in [1.165, 1.54) is 21.3 Å². The van der Waals surface area contributed by atoms with Gasteiger partial charge in [-0.2, -0.15) is 0 Å². The normalized spacial score (nSPS) is 14.7. The monoisotopic (exact) mass is 473 g/mol. The lowest BCUT2D eigenvalue weighted by atomic mass is 10.0. The average molecular weight is 474 g/mol. The second-order valence-electron chi connectivity index (χ2n) is 9.06. The predicted octanol–water partition coefficient (Wildman–Crippen LogP) is 3.16. The van der Waals surface area contributed by atoms with Crippen LogP contribution in [0, 0.1) is 0 Å². The summed E-state index contributed by atoms with van der Waals surface area (Å²) in [6.45, 7) is 10.4. The molecule has 0 bridgehead atoms. The molecular formula is C22H35NO8S. The maximum absolute atomic E-state index is 12.9. The Morgan fingerprint density at radius 3 is 1.91 bits per heavy atom. The third kappa shape index (κ3) is 9.04. The molecular weight excluding hydrogens is 438 g/mol. The van der Waals surface area contributed by atoms with Crippen LogP contribution in [0.25, 0.3) is 0 Å². The van der Waals surface area contributed by atoms with Crippen LogP contribution in [0.5, 0.6) is 11.5 Å². The van der Waals surface area contributed by atoms with E-state index >= 15 is 0 Å². The Labute approximate surface area is 192 Å². The molecule has 182 valence electrons. The van der Waals surface area contributed by atoms with Crippen LogP contribution in [0.2, 0.25) is 0 Å². The van der Waals surface area contributed by atoms with E-state index in [4.69, 9.17) is 23.7 Å². The van der Waals surface area contributed by atoms with Gasteiger partial charge in [0.25, 0.3) is 0 Å². The highest BCUT2D eigenvalue weighted by atomic mass is 32.2. The molecule has 0 unspecified atom stereocenters. The number of nitrogens with one attached hydrogen (secondary N) is 1. The summed E-state index contributed by atoms with van der Waals surface area (Å²) < 4.78 is 41.2. The van der Waals surface area contributed by atoms with Crippen molar-refractivity contribution in [3.05, 3.63) is 23.8 Å². The summed E-state index contributed by atoms with van der Waals surface area (Å²) in [5.74, 6) is 0.268. The Bertz CT molecular complexity index is 791. The molecule has 0 amide bonds. The number of methoxy groups -OCH3 is 3. The summed E-state index contributed by atoms with van der Waals surface area (Å²) >= 11 is 0. The Hall–Kier alpha value is -2.33. The van der Waals surface area contributed by atoms with E-state index in [0.717, 1.165) is 0 Å². The van der Waals surface area contributed by atoms with Gasteiger partial charge in [-0.1, -0.05) is 0 Å². The molecule has 0 saturated carbocycles. The molecule has 0 spiro atoms. The minimum Gasteiger partial charge on any atom is -0.497 e. The number of benzene rings is 1. The lowest BCUT2D eigenvalue weighted by molar-refractivity contribution is -0.154. The van der Waals surface area contributed by atoms with Gasteiger partial charge >= 0.3 is 12.1 Å². The van der Waals surface area contributed by atoms with Crippen molar-refractivity contribution in [3.63, 3.8) is 0 Å². The van der Waals surface area contributed by atoms with E-state index in [1.54, 1.807) is 59.7 Å². The van der Waals surface area contributed by atoms with Crippen LogP contribution in [0.3, 0.4) is 0 Å². The Balaban J connectivity index is 3.35. The molecule has 0 aromatic heterocycles. The zero-order valence-corrected chi connectivity index (χ0v) is 21.1. The second-order valence-corrected chi connectivity index (χ2v) is 11.1. The third-order valence-electron chi connectivity index (χ3n) is 4.09. The average Bonchev–Trinajstić information content (AvgIpc) is 2.68. The topological polar surface area (TPSA) is 109 Å². The van der Waals surface area contributed by atoms with Crippen molar-refractivity contribution in [2.24, 2.45) is 0 Å². The van der Waals surface area contributed by atoms with Gasteiger partial charge in [0, 0.05) is 6.07 Å². The predicted molar refractivity (Wildman–Crippen MR) is 121 cm³/mol. The maximum atomic E-state index is 12.9. The highest BCUT2D eigenvalue weighted by molar-refractivity contribution is 7.84. The van der Waals surface area contributed by atoms with Crippen molar-refractivity contribution in [3.8, 4) is 11.5 Å². The number of carbonyl (C=O) groups excluding carboxylic acids is 2. The standard InChI is InChI=1S/C22H35NO8S/c1-21(2,3)31-20(25)30-18(19(24)29-9)17(23-32(26)22(4,5)6)12-14-10-15(27-7)13-16(11-14)28-8/h10-11,13,17-18,23H,12H2,1-9H3/t17-,18+,32-/m0/s1. The van der Waals surface area contributed by atoms with Gasteiger partial charge < -0.3 is 23.7 Å². The van der Waals surface area contributed by atoms with Crippen molar-refractivity contribution < 1.29 is 37.5 Å². The van der Waals surface area contributed by atoms with E-state index in [0.29, 0.717) is 17.1 Å². The van der Waals surface area contributed by atoms with E-state index < -0.39 is 45.6 Å². The highest BCUT2D eigenvalue weighted by Crippen LogP contribution is 2.25. The first kappa shape index (κ1) is 27.7. The Kier molecular flexibility index (Phi) is 9.96. The maximum Gasteiger partial charge on any atom is 0.509 e. The largest absolute Gasteiger partial charge is 0.509 e. The van der Waals surface area contributed by atoms with Gasteiger partial charge in [-0.05, 0) is 65.7 Å². The molecule has 9 nitrogen and oxygen atoms in total. The van der Waals surface area contributed by atoms with Gasteiger partial charge in [0.15, 0.2) is 0 Å². The van der Waals surface area contributed by atoms with Gasteiger partial charge in [0.2, 0.25) is 6.10 Å². The molecule has 0 saturated heterocycles. The molecule has 3 atom stereocenters. The minimum atomic E-state index is -1.58. The summed E-state index contributed by atoms with van der Waals surface area (Å²) in [7, 11) is 2.64. The summed E-state index contributed by atoms with van der Waals surface area (Å²) in [4.78, 5) is 24.9. The fraction of sp³-hybridized carbons (Fsp3) is 0.636. The summed E-state index contributed by atoms with van der Waals surface area (Å²) in [5, 5.41) is 0. The van der Waals surface area contributed by atoms with E-state index in [2.05, 4.69) is 4.72 Å². The van der Waals surface area contributed by atoms with Crippen molar-refractivity contribution in [2.75, 3.05) is 21.3 Å². The zero-order valence-electron chi connectivity index (χ0n) is 20.3. The van der Waals surface area contributed by atoms with Gasteiger partial charge in [-0.3, -0.25) is 0 Å². The van der Waals surface area contributed by atoms with Crippen molar-refractivity contribution >= 4 is 23.1 Å². The number of hydrogen-bond donors (Lipinski definition) is 1. The molecule has 1 aromatic carbocycles. The molecule has 32 heavy (non-hydrogen) atoms. The number of esters is 1. The highest BCUT2D eigenvalue weighted by Gasteiger charge is 2.37. The fourth-order valence-corrected chi connectivity index (χ4v) is 3.39. The first-order valence-corrected chi connectivity index (χ1v) is 11.2. The molecule has 1 rings (SSSR count). The molecule has 0 heterocycles. The molecule has 1 N–H and O–H groups in total. The smallest absolute Gasteiger partial charge is 0.497 e. The lowest BCUT2D eigenvalue weighted by Crippen LogP contribution is -2.52. The number of hydrogen-bond acceptors (Lipinski definition) is 8. The van der Waals surface area contributed by atoms with Crippen molar-refractivity contribution in [1.82, 2.24) is 4.72 Å². The number of rotatable bonds is 9. The van der Waals surface area contributed by atoms with E-state index in [1.807, 2.05) is 0 Å². The van der Waals surface area contributed by atoms with Crippen LogP contribution in [-0.2, 0) is 36.4 Å². The number of ether oxygens (including phenoxy) is 5. The second kappa shape index (κ2) is 11.5. The summed E-state index contributed by atoms with van der Waals surface area (Å²) in [5.41, 5.74) is -0.124. The number of carbonyl (C=O) groups is 2. The summed E-state index contributed by atoms with van der Waals surface area (Å²) in [6.07, 6.45) is -2.30. The van der Waals surface area contributed by atoms with E-state index in [-0.39, 0.29) is 6.42 Å². The van der Waals surface area contributed by atoms with Gasteiger partial charge in [0.05, 0.1) is 43.1 Å². The van der Waals surface area contributed by atoms with Crippen LogP contribution in [0.1, 0.15) is 47.1 Å². The quantitative estimate of drug-likeness (QED) is 0.545.